The molecule has 1 aromatic rings. The molecule has 0 aliphatic rings. The molecule has 0 saturated heterocycles. The number of ketones is 1. The van der Waals surface area contributed by atoms with E-state index in [1.165, 1.54) is 6.07 Å². The molecule has 0 aliphatic heterocycles. The zero-order valence-corrected chi connectivity index (χ0v) is 9.11. The molecule has 0 aromatic heterocycles. The summed E-state index contributed by atoms with van der Waals surface area (Å²) >= 11 is 3.06. The molecule has 13 heavy (non-hydrogen) atoms. The predicted octanol–water partition coefficient (Wildman–Crippen LogP) is 3.49. The van der Waals surface area contributed by atoms with E-state index >= 15 is 0 Å². The van der Waals surface area contributed by atoms with Crippen molar-refractivity contribution < 1.29 is 9.18 Å². The summed E-state index contributed by atoms with van der Waals surface area (Å²) in [6.45, 7) is 3.56. The van der Waals surface area contributed by atoms with Crippen LogP contribution < -0.4 is 0 Å². The molecule has 0 radical (unpaired) electrons. The number of Topliss-reactive ketones (excluding diaryl/α,β-unsaturated/α-hetero) is 1. The van der Waals surface area contributed by atoms with Crippen molar-refractivity contribution in [2.24, 2.45) is 0 Å². The van der Waals surface area contributed by atoms with Crippen molar-refractivity contribution in [2.45, 2.75) is 20.3 Å². The van der Waals surface area contributed by atoms with Crippen molar-refractivity contribution in [2.75, 3.05) is 0 Å². The van der Waals surface area contributed by atoms with Crippen LogP contribution in [0.25, 0.3) is 0 Å². The fraction of sp³-hybridized carbons (Fsp3) is 0.300. The van der Waals surface area contributed by atoms with Gasteiger partial charge in [-0.3, -0.25) is 4.79 Å². The zero-order chi connectivity index (χ0) is 10.0. The number of hydrogen-bond donors (Lipinski definition) is 0. The second kappa shape index (κ2) is 4.01. The van der Waals surface area contributed by atoms with Crippen LogP contribution in [0.1, 0.15) is 29.3 Å². The van der Waals surface area contributed by atoms with Crippen LogP contribution in [0.3, 0.4) is 0 Å². The van der Waals surface area contributed by atoms with Crippen LogP contribution in [0.15, 0.2) is 16.6 Å². The summed E-state index contributed by atoms with van der Waals surface area (Å²) in [6, 6.07) is 2.91. The van der Waals surface area contributed by atoms with E-state index in [9.17, 15) is 9.18 Å². The lowest BCUT2D eigenvalue weighted by atomic mass is 10.0. The first-order valence-electron chi connectivity index (χ1n) is 4.05. The highest BCUT2D eigenvalue weighted by Gasteiger charge is 2.10. The van der Waals surface area contributed by atoms with E-state index in [1.54, 1.807) is 19.9 Å². The fourth-order valence-electron chi connectivity index (χ4n) is 1.14. The van der Waals surface area contributed by atoms with E-state index < -0.39 is 0 Å². The second-order valence-electron chi connectivity index (χ2n) is 2.86. The number of carbonyl (C=O) groups is 1. The monoisotopic (exact) mass is 244 g/mol. The minimum atomic E-state index is -0.387. The van der Waals surface area contributed by atoms with Gasteiger partial charge in [-0.15, -0.1) is 0 Å². The van der Waals surface area contributed by atoms with Crippen molar-refractivity contribution in [1.82, 2.24) is 0 Å². The highest BCUT2D eigenvalue weighted by Crippen LogP contribution is 2.21. The fourth-order valence-corrected chi connectivity index (χ4v) is 1.59. The molecule has 0 N–H and O–H groups in total. The molecule has 0 unspecified atom stereocenters. The van der Waals surface area contributed by atoms with E-state index in [-0.39, 0.29) is 11.6 Å². The predicted molar refractivity (Wildman–Crippen MR) is 53.5 cm³/mol. The molecule has 0 heterocycles. The summed E-state index contributed by atoms with van der Waals surface area (Å²) in [5.74, 6) is -0.411. The van der Waals surface area contributed by atoms with Gasteiger partial charge in [0.05, 0.1) is 4.47 Å². The SMILES string of the molecule is CCC(=O)c1cc(F)c(Br)cc1C. The Morgan fingerprint density at radius 1 is 1.54 bits per heavy atom. The minimum absolute atomic E-state index is 0.0242. The molecule has 70 valence electrons. The standard InChI is InChI=1S/C10H10BrFO/c1-3-10(13)7-5-9(12)8(11)4-6(7)2/h4-5H,3H2,1-2H3. The average Bonchev–Trinajstić information content (AvgIpc) is 2.10. The number of hydrogen-bond acceptors (Lipinski definition) is 1. The summed E-state index contributed by atoms with van der Waals surface area (Å²) < 4.78 is 13.5. The highest BCUT2D eigenvalue weighted by molar-refractivity contribution is 9.10. The molecule has 1 rings (SSSR count). The first-order valence-corrected chi connectivity index (χ1v) is 4.84. The van der Waals surface area contributed by atoms with Crippen LogP contribution in [0.2, 0.25) is 0 Å². The first kappa shape index (κ1) is 10.4. The molecule has 1 nitrogen and oxygen atoms in total. The van der Waals surface area contributed by atoms with Gasteiger partial charge < -0.3 is 0 Å². The highest BCUT2D eigenvalue weighted by atomic mass is 79.9. The molecular formula is C10H10BrFO. The lowest BCUT2D eigenvalue weighted by molar-refractivity contribution is 0.0987. The van der Waals surface area contributed by atoms with Gasteiger partial charge in [0.15, 0.2) is 5.78 Å². The maximum atomic E-state index is 13.1. The Morgan fingerprint density at radius 3 is 2.69 bits per heavy atom. The number of halogens is 2. The largest absolute Gasteiger partial charge is 0.294 e. The van der Waals surface area contributed by atoms with Gasteiger partial charge in [-0.1, -0.05) is 6.92 Å². The van der Waals surface area contributed by atoms with E-state index in [0.717, 1.165) is 5.56 Å². The Hall–Kier alpha value is -0.700. The summed E-state index contributed by atoms with van der Waals surface area (Å²) in [6.07, 6.45) is 0.405. The van der Waals surface area contributed by atoms with Crippen LogP contribution >= 0.6 is 15.9 Å². The summed E-state index contributed by atoms with van der Waals surface area (Å²) in [5, 5.41) is 0. The third-order valence-electron chi connectivity index (χ3n) is 1.89. The maximum absolute atomic E-state index is 13.1. The van der Waals surface area contributed by atoms with Gasteiger partial charge in [0.1, 0.15) is 5.82 Å². The third kappa shape index (κ3) is 2.15. The normalized spacial score (nSPS) is 10.2. The van der Waals surface area contributed by atoms with Crippen molar-refractivity contribution in [3.63, 3.8) is 0 Å². The molecule has 0 amide bonds. The van der Waals surface area contributed by atoms with Gasteiger partial charge in [-0.25, -0.2) is 4.39 Å². The van der Waals surface area contributed by atoms with Gasteiger partial charge in [0.25, 0.3) is 0 Å². The van der Waals surface area contributed by atoms with Gasteiger partial charge >= 0.3 is 0 Å². The van der Waals surface area contributed by atoms with E-state index in [2.05, 4.69) is 15.9 Å². The van der Waals surface area contributed by atoms with Crippen LogP contribution in [0.5, 0.6) is 0 Å². The van der Waals surface area contributed by atoms with Gasteiger partial charge in [0, 0.05) is 12.0 Å². The molecular weight excluding hydrogens is 235 g/mol. The Morgan fingerprint density at radius 2 is 2.15 bits per heavy atom. The number of carbonyl (C=O) groups excluding carboxylic acids is 1. The van der Waals surface area contributed by atoms with Crippen molar-refractivity contribution in [3.8, 4) is 0 Å². The lowest BCUT2D eigenvalue weighted by Crippen LogP contribution is -2.00. The molecule has 0 saturated carbocycles. The van der Waals surface area contributed by atoms with Crippen LogP contribution in [0, 0.1) is 12.7 Å². The van der Waals surface area contributed by atoms with Crippen LogP contribution in [-0.4, -0.2) is 5.78 Å². The molecule has 0 bridgehead atoms. The number of aryl methyl sites for hydroxylation is 1. The number of benzene rings is 1. The van der Waals surface area contributed by atoms with Crippen molar-refractivity contribution in [1.29, 1.82) is 0 Å². The Balaban J connectivity index is 3.23. The first-order chi connectivity index (χ1) is 6.06. The minimum Gasteiger partial charge on any atom is -0.294 e. The molecule has 0 spiro atoms. The second-order valence-corrected chi connectivity index (χ2v) is 3.71. The van der Waals surface area contributed by atoms with E-state index in [1.807, 2.05) is 0 Å². The summed E-state index contributed by atoms with van der Waals surface area (Å²) in [4.78, 5) is 11.3. The topological polar surface area (TPSA) is 17.1 Å². The molecule has 0 fully saturated rings. The maximum Gasteiger partial charge on any atom is 0.162 e. The van der Waals surface area contributed by atoms with E-state index in [4.69, 9.17) is 0 Å². The third-order valence-corrected chi connectivity index (χ3v) is 2.50. The summed E-state index contributed by atoms with van der Waals surface area (Å²) in [7, 11) is 0. The molecule has 0 atom stereocenters. The van der Waals surface area contributed by atoms with Crippen molar-refractivity contribution in [3.05, 3.63) is 33.5 Å². The number of rotatable bonds is 2. The molecule has 1 aromatic carbocycles. The zero-order valence-electron chi connectivity index (χ0n) is 7.53. The van der Waals surface area contributed by atoms with Crippen LogP contribution in [0.4, 0.5) is 4.39 Å². The van der Waals surface area contributed by atoms with Crippen molar-refractivity contribution >= 4 is 21.7 Å². The Labute approximate surface area is 85.1 Å². The average molecular weight is 245 g/mol. The Kier molecular flexibility index (Phi) is 3.20. The van der Waals surface area contributed by atoms with E-state index in [0.29, 0.717) is 16.5 Å². The lowest BCUT2D eigenvalue weighted by Gasteiger charge is -2.04. The summed E-state index contributed by atoms with van der Waals surface area (Å²) in [5.41, 5.74) is 1.28. The molecule has 3 heteroatoms. The van der Waals surface area contributed by atoms with Gasteiger partial charge in [0.2, 0.25) is 0 Å². The van der Waals surface area contributed by atoms with Gasteiger partial charge in [-0.05, 0) is 40.5 Å². The van der Waals surface area contributed by atoms with Crippen LogP contribution in [-0.2, 0) is 0 Å². The Bertz CT molecular complexity index is 347. The smallest absolute Gasteiger partial charge is 0.162 e. The van der Waals surface area contributed by atoms with Gasteiger partial charge in [-0.2, -0.15) is 0 Å². The molecule has 0 aliphatic carbocycles. The quantitative estimate of drug-likeness (QED) is 0.729.